The first kappa shape index (κ1) is 15.6. The van der Waals surface area contributed by atoms with Crippen molar-refractivity contribution in [1.29, 1.82) is 0 Å². The van der Waals surface area contributed by atoms with E-state index < -0.39 is 5.97 Å². The standard InChI is InChI=1S/C18H15BrO4/c1-11-14-9-13(21-2)7-8-16(14)23-17(11)18(20)22-10-12-5-3-4-6-15(12)19/h3-9H,10H2,1-2H3. The van der Waals surface area contributed by atoms with E-state index in [9.17, 15) is 4.79 Å². The quantitative estimate of drug-likeness (QED) is 0.611. The number of hydrogen-bond acceptors (Lipinski definition) is 4. The molecule has 0 fully saturated rings. The van der Waals surface area contributed by atoms with Crippen molar-refractivity contribution in [3.8, 4) is 5.75 Å². The number of aryl methyl sites for hydroxylation is 1. The first-order valence-corrected chi connectivity index (χ1v) is 7.87. The second-order valence-corrected chi connectivity index (χ2v) is 5.94. The van der Waals surface area contributed by atoms with Gasteiger partial charge in [0, 0.05) is 21.0 Å². The van der Waals surface area contributed by atoms with Crippen molar-refractivity contribution in [1.82, 2.24) is 0 Å². The topological polar surface area (TPSA) is 48.7 Å². The molecule has 1 aromatic heterocycles. The maximum atomic E-state index is 12.3. The molecule has 0 spiro atoms. The number of esters is 1. The van der Waals surface area contributed by atoms with Crippen LogP contribution in [0.25, 0.3) is 11.0 Å². The average Bonchev–Trinajstić information content (AvgIpc) is 2.90. The fourth-order valence-electron chi connectivity index (χ4n) is 2.35. The van der Waals surface area contributed by atoms with Gasteiger partial charge in [-0.2, -0.15) is 0 Å². The number of benzene rings is 2. The molecule has 0 N–H and O–H groups in total. The molecule has 0 radical (unpaired) electrons. The van der Waals surface area contributed by atoms with Crippen molar-refractivity contribution in [3.63, 3.8) is 0 Å². The van der Waals surface area contributed by atoms with Gasteiger partial charge in [-0.1, -0.05) is 34.1 Å². The van der Waals surface area contributed by atoms with Gasteiger partial charge in [-0.15, -0.1) is 0 Å². The predicted molar refractivity (Wildman–Crippen MR) is 90.8 cm³/mol. The average molecular weight is 375 g/mol. The Morgan fingerprint density at radius 3 is 2.74 bits per heavy atom. The smallest absolute Gasteiger partial charge is 0.374 e. The summed E-state index contributed by atoms with van der Waals surface area (Å²) >= 11 is 3.43. The summed E-state index contributed by atoms with van der Waals surface area (Å²) in [6.45, 7) is 2.01. The van der Waals surface area contributed by atoms with Crippen LogP contribution in [0.3, 0.4) is 0 Å². The molecule has 0 saturated heterocycles. The Labute approximate surface area is 142 Å². The lowest BCUT2D eigenvalue weighted by molar-refractivity contribution is 0.0437. The van der Waals surface area contributed by atoms with Crippen LogP contribution in [-0.2, 0) is 11.3 Å². The van der Waals surface area contributed by atoms with Gasteiger partial charge < -0.3 is 13.9 Å². The van der Waals surface area contributed by atoms with E-state index in [4.69, 9.17) is 13.9 Å². The molecule has 118 valence electrons. The van der Waals surface area contributed by atoms with Gasteiger partial charge in [0.2, 0.25) is 5.76 Å². The van der Waals surface area contributed by atoms with E-state index in [1.807, 2.05) is 37.3 Å². The summed E-state index contributed by atoms with van der Waals surface area (Å²) in [5.41, 5.74) is 2.28. The Morgan fingerprint density at radius 2 is 2.00 bits per heavy atom. The second-order valence-electron chi connectivity index (χ2n) is 5.09. The molecule has 2 aromatic carbocycles. The van der Waals surface area contributed by atoms with Crippen LogP contribution in [0.15, 0.2) is 51.4 Å². The monoisotopic (exact) mass is 374 g/mol. The number of fused-ring (bicyclic) bond motifs is 1. The van der Waals surface area contributed by atoms with E-state index in [1.54, 1.807) is 19.2 Å². The summed E-state index contributed by atoms with van der Waals surface area (Å²) in [6, 6.07) is 13.0. The van der Waals surface area contributed by atoms with Crippen LogP contribution in [0, 0.1) is 6.92 Å². The molecule has 5 heteroatoms. The summed E-state index contributed by atoms with van der Waals surface area (Å²) in [4.78, 5) is 12.3. The van der Waals surface area contributed by atoms with Crippen LogP contribution in [0.1, 0.15) is 21.7 Å². The van der Waals surface area contributed by atoms with Gasteiger partial charge in [0.05, 0.1) is 7.11 Å². The highest BCUT2D eigenvalue weighted by Crippen LogP contribution is 2.29. The van der Waals surface area contributed by atoms with Crippen molar-refractivity contribution >= 4 is 32.9 Å². The van der Waals surface area contributed by atoms with E-state index >= 15 is 0 Å². The fourth-order valence-corrected chi connectivity index (χ4v) is 2.75. The lowest BCUT2D eigenvalue weighted by Gasteiger charge is -2.05. The third-order valence-electron chi connectivity index (χ3n) is 3.65. The Balaban J connectivity index is 1.83. The van der Waals surface area contributed by atoms with Gasteiger partial charge in [0.15, 0.2) is 0 Å². The van der Waals surface area contributed by atoms with Crippen LogP contribution < -0.4 is 4.74 Å². The molecule has 1 heterocycles. The summed E-state index contributed by atoms with van der Waals surface area (Å²) in [5, 5.41) is 0.845. The van der Waals surface area contributed by atoms with Crippen LogP contribution in [0.2, 0.25) is 0 Å². The maximum absolute atomic E-state index is 12.3. The van der Waals surface area contributed by atoms with Crippen molar-refractivity contribution in [2.24, 2.45) is 0 Å². The molecule has 4 nitrogen and oxygen atoms in total. The summed E-state index contributed by atoms with van der Waals surface area (Å²) in [6.07, 6.45) is 0. The predicted octanol–water partition coefficient (Wildman–Crippen LogP) is 4.87. The fraction of sp³-hybridized carbons (Fsp3) is 0.167. The van der Waals surface area contributed by atoms with Gasteiger partial charge in [-0.25, -0.2) is 4.79 Å². The van der Waals surface area contributed by atoms with Crippen LogP contribution in [0.5, 0.6) is 5.75 Å². The largest absolute Gasteiger partial charge is 0.497 e. The van der Waals surface area contributed by atoms with E-state index in [1.165, 1.54) is 0 Å². The minimum Gasteiger partial charge on any atom is -0.497 e. The molecule has 0 unspecified atom stereocenters. The highest BCUT2D eigenvalue weighted by atomic mass is 79.9. The van der Waals surface area contributed by atoms with Crippen LogP contribution in [-0.4, -0.2) is 13.1 Å². The van der Waals surface area contributed by atoms with E-state index in [0.717, 1.165) is 26.7 Å². The molecular formula is C18H15BrO4. The highest BCUT2D eigenvalue weighted by Gasteiger charge is 2.19. The third kappa shape index (κ3) is 3.10. The number of ether oxygens (including phenoxy) is 2. The lowest BCUT2D eigenvalue weighted by atomic mass is 10.1. The normalized spacial score (nSPS) is 10.7. The molecule has 0 bridgehead atoms. The zero-order valence-corrected chi connectivity index (χ0v) is 14.3. The van der Waals surface area contributed by atoms with Crippen molar-refractivity contribution in [2.45, 2.75) is 13.5 Å². The van der Waals surface area contributed by atoms with Gasteiger partial charge in [0.25, 0.3) is 0 Å². The molecule has 3 aromatic rings. The summed E-state index contributed by atoms with van der Waals surface area (Å²) in [7, 11) is 1.60. The molecule has 0 saturated carbocycles. The number of rotatable bonds is 4. The Kier molecular flexibility index (Phi) is 4.39. The maximum Gasteiger partial charge on any atom is 0.374 e. The first-order chi connectivity index (χ1) is 11.1. The zero-order chi connectivity index (χ0) is 16.4. The number of carbonyl (C=O) groups excluding carboxylic acids is 1. The zero-order valence-electron chi connectivity index (χ0n) is 12.8. The number of hydrogen-bond donors (Lipinski definition) is 0. The van der Waals surface area contributed by atoms with Crippen molar-refractivity contribution in [3.05, 3.63) is 63.8 Å². The third-order valence-corrected chi connectivity index (χ3v) is 4.42. The van der Waals surface area contributed by atoms with Gasteiger partial charge in [0.1, 0.15) is 17.9 Å². The Morgan fingerprint density at radius 1 is 1.22 bits per heavy atom. The lowest BCUT2D eigenvalue weighted by Crippen LogP contribution is -2.05. The first-order valence-electron chi connectivity index (χ1n) is 7.08. The number of carbonyl (C=O) groups is 1. The van der Waals surface area contributed by atoms with Crippen LogP contribution in [0.4, 0.5) is 0 Å². The highest BCUT2D eigenvalue weighted by molar-refractivity contribution is 9.10. The molecular weight excluding hydrogens is 360 g/mol. The van der Waals surface area contributed by atoms with Gasteiger partial charge in [-0.3, -0.25) is 0 Å². The van der Waals surface area contributed by atoms with Crippen molar-refractivity contribution in [2.75, 3.05) is 7.11 Å². The Hall–Kier alpha value is -2.27. The number of methoxy groups -OCH3 is 1. The minimum atomic E-state index is -0.478. The van der Waals surface area contributed by atoms with E-state index in [2.05, 4.69) is 15.9 Å². The molecule has 23 heavy (non-hydrogen) atoms. The van der Waals surface area contributed by atoms with Crippen LogP contribution >= 0.6 is 15.9 Å². The SMILES string of the molecule is COc1ccc2oc(C(=O)OCc3ccccc3Br)c(C)c2c1. The molecule has 0 aliphatic carbocycles. The molecule has 0 amide bonds. The molecule has 3 rings (SSSR count). The summed E-state index contributed by atoms with van der Waals surface area (Å²) < 4.78 is 17.1. The van der Waals surface area contributed by atoms with Gasteiger partial charge >= 0.3 is 5.97 Å². The summed E-state index contributed by atoms with van der Waals surface area (Å²) in [5.74, 6) is 0.461. The van der Waals surface area contributed by atoms with Crippen molar-refractivity contribution < 1.29 is 18.7 Å². The van der Waals surface area contributed by atoms with E-state index in [0.29, 0.717) is 5.58 Å². The van der Waals surface area contributed by atoms with Gasteiger partial charge in [-0.05, 0) is 31.2 Å². The second kappa shape index (κ2) is 6.46. The number of halogens is 1. The Bertz CT molecular complexity index is 867. The number of furan rings is 1. The molecule has 0 atom stereocenters. The minimum absolute atomic E-state index is 0.181. The molecule has 0 aliphatic heterocycles. The molecule has 0 aliphatic rings. The van der Waals surface area contributed by atoms with E-state index in [-0.39, 0.29) is 12.4 Å².